The summed E-state index contributed by atoms with van der Waals surface area (Å²) in [5.74, 6) is 0.698. The van der Waals surface area contributed by atoms with Crippen molar-refractivity contribution in [2.75, 3.05) is 10.0 Å². The lowest BCUT2D eigenvalue weighted by molar-refractivity contribution is -0.116. The maximum Gasteiger partial charge on any atom is 0.261 e. The van der Waals surface area contributed by atoms with Crippen molar-refractivity contribution in [3.8, 4) is 0 Å². The van der Waals surface area contributed by atoms with Gasteiger partial charge in [-0.2, -0.15) is 0 Å². The van der Waals surface area contributed by atoms with Crippen LogP contribution < -0.4 is 10.0 Å². The third-order valence-corrected chi connectivity index (χ3v) is 6.40. The summed E-state index contributed by atoms with van der Waals surface area (Å²) in [5, 5.41) is 2.88. The van der Waals surface area contributed by atoms with Crippen LogP contribution in [0.2, 0.25) is 0 Å². The summed E-state index contributed by atoms with van der Waals surface area (Å²) >= 11 is 0. The van der Waals surface area contributed by atoms with Crippen LogP contribution >= 0.6 is 0 Å². The van der Waals surface area contributed by atoms with Crippen molar-refractivity contribution in [3.63, 3.8) is 0 Å². The van der Waals surface area contributed by atoms with Gasteiger partial charge >= 0.3 is 0 Å². The van der Waals surface area contributed by atoms with Crippen LogP contribution in [0, 0.1) is 12.8 Å². The second-order valence-corrected chi connectivity index (χ2v) is 8.92. The minimum atomic E-state index is -3.62. The van der Waals surface area contributed by atoms with E-state index in [0.717, 1.165) is 12.0 Å². The van der Waals surface area contributed by atoms with Gasteiger partial charge in [0.1, 0.15) is 0 Å². The Morgan fingerprint density at radius 3 is 2.19 bits per heavy atom. The lowest BCUT2D eigenvalue weighted by Crippen LogP contribution is -2.14. The minimum Gasteiger partial charge on any atom is -0.326 e. The van der Waals surface area contributed by atoms with Crippen LogP contribution in [-0.2, 0) is 14.8 Å². The van der Waals surface area contributed by atoms with Crippen LogP contribution in [0.15, 0.2) is 53.4 Å². The molecule has 5 nitrogen and oxygen atoms in total. The number of aryl methyl sites for hydroxylation is 1. The Bertz CT molecular complexity index is 869. The lowest BCUT2D eigenvalue weighted by Gasteiger charge is -2.11. The third-order valence-electron chi connectivity index (χ3n) is 5.01. The highest BCUT2D eigenvalue weighted by Crippen LogP contribution is 2.28. The molecule has 0 bridgehead atoms. The van der Waals surface area contributed by atoms with E-state index in [1.54, 1.807) is 48.5 Å². The Morgan fingerprint density at radius 1 is 0.963 bits per heavy atom. The summed E-state index contributed by atoms with van der Waals surface area (Å²) in [7, 11) is -3.62. The highest BCUT2D eigenvalue weighted by molar-refractivity contribution is 7.92. The van der Waals surface area contributed by atoms with Gasteiger partial charge in [-0.05, 0) is 55.7 Å². The molecule has 144 valence electrons. The Morgan fingerprint density at radius 2 is 1.56 bits per heavy atom. The molecule has 0 aliphatic heterocycles. The summed E-state index contributed by atoms with van der Waals surface area (Å²) in [4.78, 5) is 12.3. The van der Waals surface area contributed by atoms with Crippen LogP contribution in [0.4, 0.5) is 11.4 Å². The van der Waals surface area contributed by atoms with E-state index >= 15 is 0 Å². The first kappa shape index (κ1) is 19.4. The zero-order valence-electron chi connectivity index (χ0n) is 15.6. The van der Waals surface area contributed by atoms with Gasteiger partial charge in [-0.15, -0.1) is 0 Å². The van der Waals surface area contributed by atoms with Crippen LogP contribution in [0.5, 0.6) is 0 Å². The quantitative estimate of drug-likeness (QED) is 0.724. The largest absolute Gasteiger partial charge is 0.326 e. The molecule has 1 aliphatic rings. The summed E-state index contributed by atoms with van der Waals surface area (Å²) in [6, 6.07) is 13.4. The molecule has 1 saturated carbocycles. The fourth-order valence-corrected chi connectivity index (χ4v) is 4.47. The van der Waals surface area contributed by atoms with Gasteiger partial charge in [0.25, 0.3) is 10.0 Å². The van der Waals surface area contributed by atoms with Crippen molar-refractivity contribution in [3.05, 3.63) is 54.1 Å². The van der Waals surface area contributed by atoms with Gasteiger partial charge in [0, 0.05) is 17.8 Å². The molecule has 2 aromatic rings. The molecule has 0 atom stereocenters. The number of anilines is 2. The Hall–Kier alpha value is -2.34. The maximum absolute atomic E-state index is 12.4. The Kier molecular flexibility index (Phi) is 6.16. The fraction of sp³-hybridized carbons (Fsp3) is 0.381. The maximum atomic E-state index is 12.4. The summed E-state index contributed by atoms with van der Waals surface area (Å²) < 4.78 is 27.4. The number of hydrogen-bond acceptors (Lipinski definition) is 3. The zero-order valence-corrected chi connectivity index (χ0v) is 16.4. The SMILES string of the molecule is Cc1ccc(S(=O)(=O)Nc2ccc(NC(=O)CCC3CCCC3)cc2)cc1. The van der Waals surface area contributed by atoms with Crippen LogP contribution in [0.3, 0.4) is 0 Å². The average Bonchev–Trinajstić information content (AvgIpc) is 3.15. The number of rotatable bonds is 7. The number of hydrogen-bond donors (Lipinski definition) is 2. The smallest absolute Gasteiger partial charge is 0.261 e. The second kappa shape index (κ2) is 8.57. The molecule has 0 saturated heterocycles. The minimum absolute atomic E-state index is 0.00915. The van der Waals surface area contributed by atoms with Gasteiger partial charge in [0.15, 0.2) is 0 Å². The zero-order chi connectivity index (χ0) is 19.3. The highest BCUT2D eigenvalue weighted by Gasteiger charge is 2.16. The Balaban J connectivity index is 1.54. The standard InChI is InChI=1S/C21H26N2O3S/c1-16-6-13-20(14-7-16)27(25,26)23-19-11-9-18(10-12-19)22-21(24)15-8-17-4-2-3-5-17/h6-7,9-14,17,23H,2-5,8,15H2,1H3,(H,22,24). The van der Waals surface area contributed by atoms with E-state index in [1.807, 2.05) is 6.92 Å². The number of amides is 1. The van der Waals surface area contributed by atoms with Gasteiger partial charge in [-0.25, -0.2) is 8.42 Å². The number of nitrogens with one attached hydrogen (secondary N) is 2. The monoisotopic (exact) mass is 386 g/mol. The van der Waals surface area contributed by atoms with Crippen LogP contribution in [-0.4, -0.2) is 14.3 Å². The van der Waals surface area contributed by atoms with E-state index in [0.29, 0.717) is 23.7 Å². The summed E-state index contributed by atoms with van der Waals surface area (Å²) in [6.45, 7) is 1.91. The molecule has 27 heavy (non-hydrogen) atoms. The van der Waals surface area contributed by atoms with Gasteiger partial charge in [-0.3, -0.25) is 9.52 Å². The van der Waals surface area contributed by atoms with E-state index in [9.17, 15) is 13.2 Å². The molecule has 0 spiro atoms. The van der Waals surface area contributed by atoms with Crippen molar-refractivity contribution in [1.29, 1.82) is 0 Å². The lowest BCUT2D eigenvalue weighted by atomic mass is 10.0. The Labute approximate surface area is 161 Å². The van der Waals surface area contributed by atoms with Crippen molar-refractivity contribution < 1.29 is 13.2 Å². The molecule has 0 aromatic heterocycles. The van der Waals surface area contributed by atoms with E-state index in [2.05, 4.69) is 10.0 Å². The van der Waals surface area contributed by atoms with Crippen LogP contribution in [0.25, 0.3) is 0 Å². The van der Waals surface area contributed by atoms with Crippen molar-refractivity contribution >= 4 is 27.3 Å². The fourth-order valence-electron chi connectivity index (χ4n) is 3.41. The third kappa shape index (κ3) is 5.57. The highest BCUT2D eigenvalue weighted by atomic mass is 32.2. The van der Waals surface area contributed by atoms with Crippen molar-refractivity contribution in [1.82, 2.24) is 0 Å². The molecule has 1 aliphatic carbocycles. The first-order chi connectivity index (χ1) is 12.9. The van der Waals surface area contributed by atoms with E-state index in [-0.39, 0.29) is 10.8 Å². The van der Waals surface area contributed by atoms with Gasteiger partial charge < -0.3 is 5.32 Å². The van der Waals surface area contributed by atoms with Gasteiger partial charge in [-0.1, -0.05) is 43.4 Å². The predicted octanol–water partition coefficient (Wildman–Crippen LogP) is 4.70. The normalized spacial score (nSPS) is 14.9. The van der Waals surface area contributed by atoms with Crippen molar-refractivity contribution in [2.45, 2.75) is 50.3 Å². The molecule has 0 radical (unpaired) electrons. The number of benzene rings is 2. The van der Waals surface area contributed by atoms with Crippen LogP contribution in [0.1, 0.15) is 44.1 Å². The molecule has 0 unspecified atom stereocenters. The first-order valence-electron chi connectivity index (χ1n) is 9.42. The van der Waals surface area contributed by atoms with E-state index < -0.39 is 10.0 Å². The number of sulfonamides is 1. The first-order valence-corrected chi connectivity index (χ1v) is 10.9. The number of carbonyl (C=O) groups excluding carboxylic acids is 1. The van der Waals surface area contributed by atoms with Crippen molar-refractivity contribution in [2.24, 2.45) is 5.92 Å². The molecule has 0 heterocycles. The molecular formula is C21H26N2O3S. The summed E-state index contributed by atoms with van der Waals surface area (Å²) in [6.07, 6.45) is 6.53. The molecular weight excluding hydrogens is 360 g/mol. The van der Waals surface area contributed by atoms with E-state index in [1.165, 1.54) is 25.7 Å². The molecule has 2 aromatic carbocycles. The average molecular weight is 387 g/mol. The van der Waals surface area contributed by atoms with Gasteiger partial charge in [0.05, 0.1) is 4.90 Å². The molecule has 2 N–H and O–H groups in total. The summed E-state index contributed by atoms with van der Waals surface area (Å²) in [5.41, 5.74) is 2.13. The molecule has 6 heteroatoms. The topological polar surface area (TPSA) is 75.3 Å². The van der Waals surface area contributed by atoms with Gasteiger partial charge in [0.2, 0.25) is 5.91 Å². The predicted molar refractivity (Wildman–Crippen MR) is 108 cm³/mol. The molecule has 3 rings (SSSR count). The second-order valence-electron chi connectivity index (χ2n) is 7.23. The number of carbonyl (C=O) groups is 1. The molecule has 1 fully saturated rings. The van der Waals surface area contributed by atoms with E-state index in [4.69, 9.17) is 0 Å². The molecule has 1 amide bonds.